The van der Waals surface area contributed by atoms with Crippen molar-refractivity contribution in [2.45, 2.75) is 31.3 Å². The maximum Gasteiger partial charge on any atom is 0.242 e. The van der Waals surface area contributed by atoms with Gasteiger partial charge < -0.3 is 15.0 Å². The van der Waals surface area contributed by atoms with Crippen molar-refractivity contribution in [3.63, 3.8) is 0 Å². The van der Waals surface area contributed by atoms with E-state index in [0.29, 0.717) is 18.1 Å². The second-order valence-corrected chi connectivity index (χ2v) is 7.67. The van der Waals surface area contributed by atoms with Crippen LogP contribution < -0.4 is 10.1 Å². The van der Waals surface area contributed by atoms with Gasteiger partial charge in [-0.25, -0.2) is 0 Å². The molecule has 2 aromatic carbocycles. The number of methoxy groups -OCH3 is 1. The Morgan fingerprint density at radius 1 is 1.14 bits per heavy atom. The van der Waals surface area contributed by atoms with Crippen molar-refractivity contribution < 1.29 is 14.3 Å². The first-order valence-electron chi connectivity index (χ1n) is 9.03. The standard InChI is InChI=1S/C21H25ClN2O3S/c1-4-23-21(26)15(2)24(13-16-5-9-18(27-3)10-6-16)20(25)14-28-19-11-7-17(22)8-12-19/h5-12,15H,4,13-14H2,1-3H3,(H,23,26)/t15-/m0/s1. The molecule has 7 heteroatoms. The summed E-state index contributed by atoms with van der Waals surface area (Å²) in [7, 11) is 1.61. The summed E-state index contributed by atoms with van der Waals surface area (Å²) in [6, 6.07) is 14.3. The number of ether oxygens (including phenoxy) is 1. The quantitative estimate of drug-likeness (QED) is 0.623. The van der Waals surface area contributed by atoms with Crippen LogP contribution in [0.25, 0.3) is 0 Å². The zero-order chi connectivity index (χ0) is 20.5. The Morgan fingerprint density at radius 2 is 1.79 bits per heavy atom. The van der Waals surface area contributed by atoms with Gasteiger partial charge in [-0.05, 0) is 55.8 Å². The molecule has 0 aliphatic heterocycles. The third kappa shape index (κ3) is 6.46. The van der Waals surface area contributed by atoms with Gasteiger partial charge in [-0.3, -0.25) is 9.59 Å². The highest BCUT2D eigenvalue weighted by atomic mass is 35.5. The largest absolute Gasteiger partial charge is 0.497 e. The zero-order valence-electron chi connectivity index (χ0n) is 16.3. The molecule has 0 heterocycles. The molecule has 0 aliphatic carbocycles. The van der Waals surface area contributed by atoms with Gasteiger partial charge in [-0.15, -0.1) is 11.8 Å². The van der Waals surface area contributed by atoms with Crippen LogP contribution in [0.5, 0.6) is 5.75 Å². The molecule has 0 radical (unpaired) electrons. The molecule has 1 atom stereocenters. The second-order valence-electron chi connectivity index (χ2n) is 6.18. The van der Waals surface area contributed by atoms with E-state index < -0.39 is 6.04 Å². The Morgan fingerprint density at radius 3 is 2.36 bits per heavy atom. The lowest BCUT2D eigenvalue weighted by Crippen LogP contribution is -2.48. The fraction of sp³-hybridized carbons (Fsp3) is 0.333. The first-order chi connectivity index (χ1) is 13.4. The fourth-order valence-corrected chi connectivity index (χ4v) is 3.50. The third-order valence-electron chi connectivity index (χ3n) is 4.21. The minimum Gasteiger partial charge on any atom is -0.497 e. The number of rotatable bonds is 9. The lowest BCUT2D eigenvalue weighted by Gasteiger charge is -2.28. The molecule has 0 aliphatic rings. The molecule has 28 heavy (non-hydrogen) atoms. The van der Waals surface area contributed by atoms with Gasteiger partial charge in [0.05, 0.1) is 12.9 Å². The zero-order valence-corrected chi connectivity index (χ0v) is 17.8. The van der Waals surface area contributed by atoms with Crippen LogP contribution in [0.2, 0.25) is 5.02 Å². The number of likely N-dealkylation sites (N-methyl/N-ethyl adjacent to an activating group) is 1. The monoisotopic (exact) mass is 420 g/mol. The van der Waals surface area contributed by atoms with Crippen LogP contribution in [0, 0.1) is 0 Å². The average molecular weight is 421 g/mol. The molecule has 0 saturated carbocycles. The Balaban J connectivity index is 2.11. The fourth-order valence-electron chi connectivity index (χ4n) is 2.59. The number of carbonyl (C=O) groups is 2. The molecule has 0 fully saturated rings. The Bertz CT molecular complexity index is 781. The highest BCUT2D eigenvalue weighted by Gasteiger charge is 2.25. The SMILES string of the molecule is CCNC(=O)[C@H](C)N(Cc1ccc(OC)cc1)C(=O)CSc1ccc(Cl)cc1. The van der Waals surface area contributed by atoms with Crippen LogP contribution in [0.15, 0.2) is 53.4 Å². The average Bonchev–Trinajstić information content (AvgIpc) is 2.71. The minimum atomic E-state index is -0.569. The van der Waals surface area contributed by atoms with Crippen LogP contribution in [0.1, 0.15) is 19.4 Å². The van der Waals surface area contributed by atoms with E-state index in [2.05, 4.69) is 5.32 Å². The van der Waals surface area contributed by atoms with Gasteiger partial charge in [0.15, 0.2) is 0 Å². The van der Waals surface area contributed by atoms with Gasteiger partial charge in [0.1, 0.15) is 11.8 Å². The van der Waals surface area contributed by atoms with Crippen LogP contribution >= 0.6 is 23.4 Å². The molecule has 5 nitrogen and oxygen atoms in total. The summed E-state index contributed by atoms with van der Waals surface area (Å²) >= 11 is 7.33. The van der Waals surface area contributed by atoms with Gasteiger partial charge in [0.2, 0.25) is 11.8 Å². The highest BCUT2D eigenvalue weighted by Crippen LogP contribution is 2.22. The summed E-state index contributed by atoms with van der Waals surface area (Å²) in [5.74, 6) is 0.716. The molecule has 0 spiro atoms. The number of nitrogens with zero attached hydrogens (tertiary/aromatic N) is 1. The van der Waals surface area contributed by atoms with Gasteiger partial charge in [-0.1, -0.05) is 23.7 Å². The molecule has 0 bridgehead atoms. The molecule has 2 rings (SSSR count). The molecule has 2 amide bonds. The first kappa shape index (κ1) is 22.1. The smallest absolute Gasteiger partial charge is 0.242 e. The van der Waals surface area contributed by atoms with Crippen molar-refractivity contribution in [3.8, 4) is 5.75 Å². The molecule has 2 aromatic rings. The van der Waals surface area contributed by atoms with E-state index in [4.69, 9.17) is 16.3 Å². The number of benzene rings is 2. The first-order valence-corrected chi connectivity index (χ1v) is 10.4. The van der Waals surface area contributed by atoms with Crippen LogP contribution in [0.4, 0.5) is 0 Å². The normalized spacial score (nSPS) is 11.6. The molecular weight excluding hydrogens is 396 g/mol. The van der Waals surface area contributed by atoms with Crippen molar-refractivity contribution in [3.05, 3.63) is 59.1 Å². The maximum atomic E-state index is 12.9. The van der Waals surface area contributed by atoms with Gasteiger partial charge in [0.25, 0.3) is 0 Å². The van der Waals surface area contributed by atoms with Crippen LogP contribution in [0.3, 0.4) is 0 Å². The van der Waals surface area contributed by atoms with Crippen molar-refractivity contribution in [1.29, 1.82) is 0 Å². The lowest BCUT2D eigenvalue weighted by atomic mass is 10.1. The molecule has 0 saturated heterocycles. The number of carbonyl (C=O) groups excluding carboxylic acids is 2. The summed E-state index contributed by atoms with van der Waals surface area (Å²) < 4.78 is 5.18. The molecular formula is C21H25ClN2O3S. The van der Waals surface area contributed by atoms with Gasteiger partial charge >= 0.3 is 0 Å². The third-order valence-corrected chi connectivity index (χ3v) is 5.45. The Hall–Kier alpha value is -2.18. The number of amides is 2. The summed E-state index contributed by atoms with van der Waals surface area (Å²) in [5.41, 5.74) is 0.932. The summed E-state index contributed by atoms with van der Waals surface area (Å²) in [6.07, 6.45) is 0. The number of halogens is 1. The van der Waals surface area contributed by atoms with E-state index in [1.807, 2.05) is 43.3 Å². The summed E-state index contributed by atoms with van der Waals surface area (Å²) in [4.78, 5) is 27.8. The molecule has 0 aromatic heterocycles. The van der Waals surface area contributed by atoms with E-state index >= 15 is 0 Å². The van der Waals surface area contributed by atoms with Crippen molar-refractivity contribution in [2.24, 2.45) is 0 Å². The van der Waals surface area contributed by atoms with Crippen molar-refractivity contribution in [2.75, 3.05) is 19.4 Å². The van der Waals surface area contributed by atoms with Gasteiger partial charge in [0, 0.05) is 23.0 Å². The second kappa shape index (κ2) is 11.0. The van der Waals surface area contributed by atoms with E-state index in [1.165, 1.54) is 11.8 Å². The van der Waals surface area contributed by atoms with E-state index in [-0.39, 0.29) is 17.6 Å². The topological polar surface area (TPSA) is 58.6 Å². The molecule has 150 valence electrons. The van der Waals surface area contributed by atoms with Crippen LogP contribution in [-0.4, -0.2) is 42.2 Å². The van der Waals surface area contributed by atoms with Gasteiger partial charge in [-0.2, -0.15) is 0 Å². The molecule has 0 unspecified atom stereocenters. The predicted molar refractivity (Wildman–Crippen MR) is 114 cm³/mol. The Labute approximate surface area is 175 Å². The van der Waals surface area contributed by atoms with E-state index in [9.17, 15) is 9.59 Å². The lowest BCUT2D eigenvalue weighted by molar-refractivity contribution is -0.138. The number of hydrogen-bond acceptors (Lipinski definition) is 4. The molecule has 1 N–H and O–H groups in total. The maximum absolute atomic E-state index is 12.9. The van der Waals surface area contributed by atoms with Crippen molar-refractivity contribution >= 4 is 35.2 Å². The predicted octanol–water partition coefficient (Wildman–Crippen LogP) is 3.99. The van der Waals surface area contributed by atoms with E-state index in [1.54, 1.807) is 31.1 Å². The van der Waals surface area contributed by atoms with Crippen LogP contribution in [-0.2, 0) is 16.1 Å². The highest BCUT2D eigenvalue weighted by molar-refractivity contribution is 8.00. The Kier molecular flexibility index (Phi) is 8.67. The number of thioether (sulfide) groups is 1. The van der Waals surface area contributed by atoms with E-state index in [0.717, 1.165) is 16.2 Å². The summed E-state index contributed by atoms with van der Waals surface area (Å²) in [5, 5.41) is 3.44. The minimum absolute atomic E-state index is 0.102. The number of hydrogen-bond donors (Lipinski definition) is 1. The summed E-state index contributed by atoms with van der Waals surface area (Å²) in [6.45, 7) is 4.48. The number of nitrogens with one attached hydrogen (secondary N) is 1. The van der Waals surface area contributed by atoms with Crippen molar-refractivity contribution in [1.82, 2.24) is 10.2 Å².